The molecule has 1 heterocycles. The Bertz CT molecular complexity index is 990. The number of hydrogen-bond donors (Lipinski definition) is 1. The summed E-state index contributed by atoms with van der Waals surface area (Å²) >= 11 is 1.30. The molecule has 9 heteroatoms. The molecule has 3 aromatic rings. The summed E-state index contributed by atoms with van der Waals surface area (Å²) in [7, 11) is 1.32. The van der Waals surface area contributed by atoms with Crippen molar-refractivity contribution in [2.75, 3.05) is 18.2 Å². The van der Waals surface area contributed by atoms with Crippen LogP contribution in [0.3, 0.4) is 0 Å². The highest BCUT2D eigenvalue weighted by atomic mass is 32.2. The van der Waals surface area contributed by atoms with E-state index in [1.165, 1.54) is 18.9 Å². The molecule has 0 aliphatic heterocycles. The zero-order chi connectivity index (χ0) is 21.3. The van der Waals surface area contributed by atoms with Crippen LogP contribution in [-0.2, 0) is 22.7 Å². The molecule has 2 aromatic carbocycles. The Balaban J connectivity index is 1.54. The van der Waals surface area contributed by atoms with E-state index >= 15 is 0 Å². The van der Waals surface area contributed by atoms with Gasteiger partial charge in [-0.3, -0.25) is 4.79 Å². The number of para-hydroxylation sites is 1. The Morgan fingerprint density at radius 3 is 2.47 bits per heavy atom. The predicted octanol–water partition coefficient (Wildman–Crippen LogP) is 3.39. The zero-order valence-corrected chi connectivity index (χ0v) is 17.5. The number of carbonyl (C=O) groups excluding carboxylic acids is 2. The van der Waals surface area contributed by atoms with Crippen molar-refractivity contribution in [2.24, 2.45) is 0 Å². The van der Waals surface area contributed by atoms with Crippen LogP contribution >= 0.6 is 11.8 Å². The minimum atomic E-state index is -0.422. The van der Waals surface area contributed by atoms with E-state index < -0.39 is 5.97 Å². The van der Waals surface area contributed by atoms with Gasteiger partial charge in [0.1, 0.15) is 12.4 Å². The number of aromatic nitrogens is 3. The number of rotatable bonds is 9. The molecule has 0 radical (unpaired) electrons. The van der Waals surface area contributed by atoms with Crippen LogP contribution in [0, 0.1) is 0 Å². The van der Waals surface area contributed by atoms with Gasteiger partial charge in [-0.15, -0.1) is 10.2 Å². The number of nitrogens with zero attached hydrogens (tertiary/aromatic N) is 3. The number of benzene rings is 2. The molecule has 0 saturated carbocycles. The topological polar surface area (TPSA) is 95.3 Å². The maximum Gasteiger partial charge on any atom is 0.337 e. The van der Waals surface area contributed by atoms with Gasteiger partial charge < -0.3 is 19.4 Å². The smallest absolute Gasteiger partial charge is 0.337 e. The number of nitrogens with one attached hydrogen (secondary N) is 1. The summed E-state index contributed by atoms with van der Waals surface area (Å²) in [6.45, 7) is 2.95. The molecule has 1 aromatic heterocycles. The summed E-state index contributed by atoms with van der Waals surface area (Å²) < 4.78 is 12.3. The van der Waals surface area contributed by atoms with E-state index in [0.717, 1.165) is 5.75 Å². The van der Waals surface area contributed by atoms with Crippen LogP contribution in [0.4, 0.5) is 5.69 Å². The molecular weight excluding hydrogens is 404 g/mol. The number of anilines is 1. The van der Waals surface area contributed by atoms with Gasteiger partial charge in [0, 0.05) is 12.2 Å². The second-order valence-electron chi connectivity index (χ2n) is 6.15. The Morgan fingerprint density at radius 2 is 1.80 bits per heavy atom. The molecule has 8 nitrogen and oxygen atoms in total. The van der Waals surface area contributed by atoms with Crippen LogP contribution in [0.5, 0.6) is 5.75 Å². The van der Waals surface area contributed by atoms with Crippen LogP contribution in [0.2, 0.25) is 0 Å². The van der Waals surface area contributed by atoms with Crippen molar-refractivity contribution in [3.8, 4) is 5.75 Å². The van der Waals surface area contributed by atoms with E-state index in [1.807, 2.05) is 41.8 Å². The quantitative estimate of drug-likeness (QED) is 0.414. The summed E-state index contributed by atoms with van der Waals surface area (Å²) in [5.74, 6) is 1.03. The summed E-state index contributed by atoms with van der Waals surface area (Å²) in [4.78, 5) is 23.7. The lowest BCUT2D eigenvalue weighted by Gasteiger charge is -2.09. The normalized spacial score (nSPS) is 10.5. The van der Waals surface area contributed by atoms with E-state index in [2.05, 4.69) is 20.3 Å². The zero-order valence-electron chi connectivity index (χ0n) is 16.7. The summed E-state index contributed by atoms with van der Waals surface area (Å²) in [5, 5.41) is 11.8. The number of methoxy groups -OCH3 is 1. The number of carbonyl (C=O) groups is 2. The number of thioether (sulfide) groups is 1. The number of amides is 1. The molecule has 156 valence electrons. The van der Waals surface area contributed by atoms with Gasteiger partial charge in [0.2, 0.25) is 5.91 Å². The van der Waals surface area contributed by atoms with Gasteiger partial charge in [-0.05, 0) is 43.3 Å². The van der Waals surface area contributed by atoms with E-state index in [-0.39, 0.29) is 11.7 Å². The lowest BCUT2D eigenvalue weighted by Crippen LogP contribution is -2.15. The second-order valence-corrected chi connectivity index (χ2v) is 7.09. The first kappa shape index (κ1) is 21.4. The summed E-state index contributed by atoms with van der Waals surface area (Å²) in [6.07, 6.45) is 0. The molecule has 30 heavy (non-hydrogen) atoms. The first-order valence-electron chi connectivity index (χ1n) is 9.31. The maximum absolute atomic E-state index is 12.3. The first-order chi connectivity index (χ1) is 14.6. The lowest BCUT2D eigenvalue weighted by atomic mass is 10.2. The van der Waals surface area contributed by atoms with Crippen LogP contribution in [0.1, 0.15) is 23.1 Å². The minimum Gasteiger partial charge on any atom is -0.486 e. The monoisotopic (exact) mass is 426 g/mol. The SMILES string of the molecule is CCn1c(COc2ccccc2)nnc1SCC(=O)Nc1ccc(C(=O)OC)cc1. The summed E-state index contributed by atoms with van der Waals surface area (Å²) in [5.41, 5.74) is 1.02. The number of ether oxygens (including phenoxy) is 2. The van der Waals surface area contributed by atoms with E-state index in [0.29, 0.717) is 35.4 Å². The molecule has 0 saturated heterocycles. The average Bonchev–Trinajstić information content (AvgIpc) is 3.18. The highest BCUT2D eigenvalue weighted by Gasteiger charge is 2.14. The van der Waals surface area contributed by atoms with Crippen molar-refractivity contribution in [1.29, 1.82) is 0 Å². The molecule has 1 amide bonds. The Hall–Kier alpha value is -3.33. The highest BCUT2D eigenvalue weighted by Crippen LogP contribution is 2.19. The van der Waals surface area contributed by atoms with E-state index in [9.17, 15) is 9.59 Å². The van der Waals surface area contributed by atoms with Crippen molar-refractivity contribution in [2.45, 2.75) is 25.2 Å². The molecule has 0 aliphatic rings. The molecule has 0 atom stereocenters. The third kappa shape index (κ3) is 5.60. The van der Waals surface area contributed by atoms with Gasteiger partial charge in [-0.2, -0.15) is 0 Å². The molecule has 0 spiro atoms. The summed E-state index contributed by atoms with van der Waals surface area (Å²) in [6, 6.07) is 16.0. The third-order valence-electron chi connectivity index (χ3n) is 4.14. The molecule has 0 bridgehead atoms. The van der Waals surface area contributed by atoms with Crippen LogP contribution < -0.4 is 10.1 Å². The second kappa shape index (κ2) is 10.4. The van der Waals surface area contributed by atoms with Crippen LogP contribution in [0.25, 0.3) is 0 Å². The predicted molar refractivity (Wildman–Crippen MR) is 114 cm³/mol. The number of esters is 1. The fourth-order valence-electron chi connectivity index (χ4n) is 2.65. The molecule has 0 unspecified atom stereocenters. The largest absolute Gasteiger partial charge is 0.486 e. The Kier molecular flexibility index (Phi) is 7.45. The minimum absolute atomic E-state index is 0.177. The van der Waals surface area contributed by atoms with E-state index in [4.69, 9.17) is 4.74 Å². The molecule has 3 rings (SSSR count). The third-order valence-corrected chi connectivity index (χ3v) is 5.11. The Morgan fingerprint density at radius 1 is 1.07 bits per heavy atom. The van der Waals surface area contributed by atoms with Gasteiger partial charge >= 0.3 is 5.97 Å². The molecule has 0 fully saturated rings. The van der Waals surface area contributed by atoms with Crippen molar-refractivity contribution in [3.63, 3.8) is 0 Å². The van der Waals surface area contributed by atoms with Crippen LogP contribution in [0.15, 0.2) is 59.8 Å². The van der Waals surface area contributed by atoms with Gasteiger partial charge in [-0.25, -0.2) is 4.79 Å². The van der Waals surface area contributed by atoms with Crippen molar-refractivity contribution < 1.29 is 19.1 Å². The molecule has 0 aliphatic carbocycles. The van der Waals surface area contributed by atoms with Gasteiger partial charge in [0.25, 0.3) is 0 Å². The van der Waals surface area contributed by atoms with Gasteiger partial charge in [-0.1, -0.05) is 30.0 Å². The highest BCUT2D eigenvalue weighted by molar-refractivity contribution is 7.99. The van der Waals surface area contributed by atoms with Crippen molar-refractivity contribution >= 4 is 29.3 Å². The average molecular weight is 426 g/mol. The van der Waals surface area contributed by atoms with Crippen LogP contribution in [-0.4, -0.2) is 39.5 Å². The van der Waals surface area contributed by atoms with Crippen molar-refractivity contribution in [1.82, 2.24) is 14.8 Å². The fraction of sp³-hybridized carbons (Fsp3) is 0.238. The Labute approximate surface area is 178 Å². The van der Waals surface area contributed by atoms with Crippen molar-refractivity contribution in [3.05, 3.63) is 66.0 Å². The number of hydrogen-bond acceptors (Lipinski definition) is 7. The fourth-order valence-corrected chi connectivity index (χ4v) is 3.47. The maximum atomic E-state index is 12.3. The lowest BCUT2D eigenvalue weighted by molar-refractivity contribution is -0.113. The van der Waals surface area contributed by atoms with Gasteiger partial charge in [0.15, 0.2) is 11.0 Å². The van der Waals surface area contributed by atoms with E-state index in [1.54, 1.807) is 24.3 Å². The van der Waals surface area contributed by atoms with Gasteiger partial charge in [0.05, 0.1) is 18.4 Å². The standard InChI is InChI=1S/C21H22N4O4S/c1-3-25-18(13-29-17-7-5-4-6-8-17)23-24-21(25)30-14-19(26)22-16-11-9-15(10-12-16)20(27)28-2/h4-12H,3,13-14H2,1-2H3,(H,22,26). The molecule has 1 N–H and O–H groups in total. The molecular formula is C21H22N4O4S. The first-order valence-corrected chi connectivity index (χ1v) is 10.3.